The van der Waals surface area contributed by atoms with Gasteiger partial charge < -0.3 is 5.32 Å². The number of amides is 3. The van der Waals surface area contributed by atoms with E-state index in [1.165, 1.54) is 0 Å². The molecule has 6 heteroatoms. The molecule has 0 radical (unpaired) electrons. The molecule has 1 fully saturated rings. The number of hydrogen-bond acceptors (Lipinski definition) is 3. The highest BCUT2D eigenvalue weighted by atomic mass is 35.5. The second kappa shape index (κ2) is 6.77. The first-order valence-corrected chi connectivity index (χ1v) is 9.18. The first kappa shape index (κ1) is 18.2. The van der Waals surface area contributed by atoms with Crippen molar-refractivity contribution in [3.63, 3.8) is 0 Å². The van der Waals surface area contributed by atoms with Crippen molar-refractivity contribution in [3.05, 3.63) is 82.9 Å². The molecule has 3 amide bonds. The molecule has 0 aromatic heterocycles. The number of benzene rings is 3. The molecule has 1 aliphatic rings. The Kier molecular flexibility index (Phi) is 4.40. The minimum absolute atomic E-state index is 0.324. The molecule has 0 saturated carbocycles. The molecule has 140 valence electrons. The second-order valence-electron chi connectivity index (χ2n) is 6.94. The average molecular weight is 393 g/mol. The number of urea groups is 1. The fraction of sp³-hybridized carbons (Fsp3) is 0.136. The summed E-state index contributed by atoms with van der Waals surface area (Å²) in [4.78, 5) is 39.0. The number of nitrogens with one attached hydrogen (secondary N) is 1. The van der Waals surface area contributed by atoms with Crippen molar-refractivity contribution in [2.75, 3.05) is 6.54 Å². The molecule has 4 rings (SSSR count). The van der Waals surface area contributed by atoms with Gasteiger partial charge in [0.05, 0.1) is 6.54 Å². The second-order valence-corrected chi connectivity index (χ2v) is 7.37. The fourth-order valence-electron chi connectivity index (χ4n) is 3.41. The van der Waals surface area contributed by atoms with Crippen LogP contribution in [-0.4, -0.2) is 29.2 Å². The zero-order chi connectivity index (χ0) is 19.9. The highest BCUT2D eigenvalue weighted by molar-refractivity contribution is 6.30. The van der Waals surface area contributed by atoms with E-state index in [1.54, 1.807) is 31.2 Å². The molecule has 5 nitrogen and oxygen atoms in total. The molecular formula is C22H17ClN2O3. The van der Waals surface area contributed by atoms with Gasteiger partial charge in [0, 0.05) is 10.6 Å². The summed E-state index contributed by atoms with van der Waals surface area (Å²) in [5, 5.41) is 5.27. The number of rotatable bonds is 4. The quantitative estimate of drug-likeness (QED) is 0.536. The fourth-order valence-corrected chi connectivity index (χ4v) is 3.53. The van der Waals surface area contributed by atoms with Crippen molar-refractivity contribution < 1.29 is 14.4 Å². The molecule has 1 saturated heterocycles. The van der Waals surface area contributed by atoms with Gasteiger partial charge in [0.15, 0.2) is 5.78 Å². The first-order chi connectivity index (χ1) is 13.4. The van der Waals surface area contributed by atoms with Crippen LogP contribution in [0.4, 0.5) is 4.79 Å². The van der Waals surface area contributed by atoms with Crippen LogP contribution in [0.3, 0.4) is 0 Å². The molecule has 0 aliphatic carbocycles. The van der Waals surface area contributed by atoms with Gasteiger partial charge in [0.25, 0.3) is 5.91 Å². The molecule has 1 N–H and O–H groups in total. The van der Waals surface area contributed by atoms with Gasteiger partial charge in [-0.25, -0.2) is 4.79 Å². The summed E-state index contributed by atoms with van der Waals surface area (Å²) in [6.07, 6.45) is 0. The Bertz CT molecular complexity index is 1110. The third-order valence-corrected chi connectivity index (χ3v) is 5.32. The molecule has 1 heterocycles. The molecule has 3 aromatic rings. The average Bonchev–Trinajstić information content (AvgIpc) is 2.92. The Morgan fingerprint density at radius 2 is 1.68 bits per heavy atom. The Labute approximate surface area is 166 Å². The van der Waals surface area contributed by atoms with E-state index >= 15 is 0 Å². The number of hydrogen-bond donors (Lipinski definition) is 1. The van der Waals surface area contributed by atoms with Gasteiger partial charge >= 0.3 is 6.03 Å². The predicted molar refractivity (Wildman–Crippen MR) is 107 cm³/mol. The van der Waals surface area contributed by atoms with E-state index in [1.807, 2.05) is 42.5 Å². The van der Waals surface area contributed by atoms with Crippen LogP contribution in [0.5, 0.6) is 0 Å². The van der Waals surface area contributed by atoms with Crippen LogP contribution in [0.25, 0.3) is 10.8 Å². The summed E-state index contributed by atoms with van der Waals surface area (Å²) in [5.41, 5.74) is -0.156. The van der Waals surface area contributed by atoms with E-state index in [9.17, 15) is 14.4 Å². The summed E-state index contributed by atoms with van der Waals surface area (Å²) in [6, 6.07) is 19.2. The number of halogens is 1. The Hall–Kier alpha value is -3.18. The van der Waals surface area contributed by atoms with Crippen LogP contribution < -0.4 is 5.32 Å². The van der Waals surface area contributed by atoms with Crippen molar-refractivity contribution >= 4 is 40.1 Å². The molecule has 0 spiro atoms. The number of imide groups is 1. The number of carbonyl (C=O) groups is 3. The van der Waals surface area contributed by atoms with Crippen molar-refractivity contribution in [1.82, 2.24) is 10.2 Å². The number of nitrogens with zero attached hydrogens (tertiary/aromatic N) is 1. The van der Waals surface area contributed by atoms with Gasteiger partial charge in [-0.3, -0.25) is 14.5 Å². The van der Waals surface area contributed by atoms with Gasteiger partial charge in [-0.15, -0.1) is 0 Å². The zero-order valence-electron chi connectivity index (χ0n) is 15.1. The largest absolute Gasteiger partial charge is 0.325 e. The Balaban J connectivity index is 1.61. The van der Waals surface area contributed by atoms with Crippen LogP contribution in [-0.2, 0) is 10.3 Å². The lowest BCUT2D eigenvalue weighted by molar-refractivity contribution is -0.130. The van der Waals surface area contributed by atoms with E-state index in [-0.39, 0.29) is 12.3 Å². The van der Waals surface area contributed by atoms with Gasteiger partial charge in [0.1, 0.15) is 5.54 Å². The summed E-state index contributed by atoms with van der Waals surface area (Å²) in [5.74, 6) is -0.780. The maximum Gasteiger partial charge on any atom is 0.325 e. The summed E-state index contributed by atoms with van der Waals surface area (Å²) in [7, 11) is 0. The first-order valence-electron chi connectivity index (χ1n) is 8.81. The van der Waals surface area contributed by atoms with Crippen LogP contribution in [0.1, 0.15) is 22.8 Å². The van der Waals surface area contributed by atoms with E-state index < -0.39 is 17.5 Å². The monoisotopic (exact) mass is 392 g/mol. The predicted octanol–water partition coefficient (Wildman–Crippen LogP) is 4.14. The summed E-state index contributed by atoms with van der Waals surface area (Å²) >= 11 is 5.84. The standard InChI is InChI=1S/C22H17ClN2O3/c1-22(17-9-6-14-4-2-3-5-16(14)12-17)20(27)25(21(28)24-22)13-19(26)15-7-10-18(23)11-8-15/h2-12H,13H2,1H3,(H,24,28)/t22-/m0/s1. The van der Waals surface area contributed by atoms with Crippen LogP contribution >= 0.6 is 11.6 Å². The smallest absolute Gasteiger partial charge is 0.319 e. The minimum atomic E-state index is -1.22. The number of fused-ring (bicyclic) bond motifs is 1. The third kappa shape index (κ3) is 3.04. The van der Waals surface area contributed by atoms with Crippen molar-refractivity contribution in [3.8, 4) is 0 Å². The third-order valence-electron chi connectivity index (χ3n) is 5.07. The molecular weight excluding hydrogens is 376 g/mol. The van der Waals surface area contributed by atoms with Crippen LogP contribution in [0.2, 0.25) is 5.02 Å². The maximum absolute atomic E-state index is 13.1. The minimum Gasteiger partial charge on any atom is -0.319 e. The molecule has 1 atom stereocenters. The van der Waals surface area contributed by atoms with Crippen molar-refractivity contribution in [2.45, 2.75) is 12.5 Å². The zero-order valence-corrected chi connectivity index (χ0v) is 15.9. The normalized spacial score (nSPS) is 19.1. The van der Waals surface area contributed by atoms with Gasteiger partial charge in [-0.2, -0.15) is 0 Å². The lowest BCUT2D eigenvalue weighted by Gasteiger charge is -2.22. The highest BCUT2D eigenvalue weighted by Crippen LogP contribution is 2.31. The lowest BCUT2D eigenvalue weighted by Crippen LogP contribution is -2.41. The highest BCUT2D eigenvalue weighted by Gasteiger charge is 2.49. The van der Waals surface area contributed by atoms with Crippen LogP contribution in [0.15, 0.2) is 66.7 Å². The van der Waals surface area contributed by atoms with E-state index in [2.05, 4.69) is 5.32 Å². The van der Waals surface area contributed by atoms with E-state index in [0.29, 0.717) is 16.1 Å². The molecule has 0 bridgehead atoms. The van der Waals surface area contributed by atoms with Crippen LogP contribution in [0, 0.1) is 0 Å². The summed E-state index contributed by atoms with van der Waals surface area (Å²) in [6.45, 7) is 1.33. The number of carbonyl (C=O) groups excluding carboxylic acids is 3. The SMILES string of the molecule is C[C@@]1(c2ccc3ccccc3c2)NC(=O)N(CC(=O)c2ccc(Cl)cc2)C1=O. The van der Waals surface area contributed by atoms with Gasteiger partial charge in [-0.05, 0) is 53.6 Å². The van der Waals surface area contributed by atoms with Gasteiger partial charge in [-0.1, -0.05) is 48.0 Å². The van der Waals surface area contributed by atoms with Crippen molar-refractivity contribution in [2.24, 2.45) is 0 Å². The molecule has 3 aromatic carbocycles. The van der Waals surface area contributed by atoms with Crippen molar-refractivity contribution in [1.29, 1.82) is 0 Å². The lowest BCUT2D eigenvalue weighted by atomic mass is 9.90. The number of ketones is 1. The number of Topliss-reactive ketones (excluding diaryl/α,β-unsaturated/α-hetero) is 1. The summed E-state index contributed by atoms with van der Waals surface area (Å²) < 4.78 is 0. The Morgan fingerprint density at radius 1 is 1.00 bits per heavy atom. The molecule has 0 unspecified atom stereocenters. The van der Waals surface area contributed by atoms with E-state index in [4.69, 9.17) is 11.6 Å². The topological polar surface area (TPSA) is 66.5 Å². The van der Waals surface area contributed by atoms with Gasteiger partial charge in [0.2, 0.25) is 0 Å². The molecule has 28 heavy (non-hydrogen) atoms. The van der Waals surface area contributed by atoms with E-state index in [0.717, 1.165) is 15.7 Å². The Morgan fingerprint density at radius 3 is 2.39 bits per heavy atom. The maximum atomic E-state index is 13.1. The molecule has 1 aliphatic heterocycles.